The molecule has 6 nitrogen and oxygen atoms in total. The molecule has 11 rings (SSSR count). The third-order valence-corrected chi connectivity index (χ3v) is 11.6. The molecule has 0 saturated carbocycles. The summed E-state index contributed by atoms with van der Waals surface area (Å²) in [6.07, 6.45) is 0. The third-order valence-electron chi connectivity index (χ3n) is 11.6. The Bertz CT molecular complexity index is 3610. The fourth-order valence-electron chi connectivity index (χ4n) is 9.03. The van der Waals surface area contributed by atoms with Crippen LogP contribution in [0.1, 0.15) is 22.3 Å². The van der Waals surface area contributed by atoms with Crippen molar-refractivity contribution in [2.45, 2.75) is 6.92 Å². The van der Waals surface area contributed by atoms with Gasteiger partial charge in [0.15, 0.2) is 0 Å². The molecule has 0 atom stereocenters. The predicted molar refractivity (Wildman–Crippen MR) is 234 cm³/mol. The van der Waals surface area contributed by atoms with Crippen LogP contribution in [0, 0.1) is 40.9 Å². The molecule has 3 heterocycles. The maximum atomic E-state index is 10.5. The molecule has 3 aromatic heterocycles. The Kier molecular flexibility index (Phi) is 7.16. The molecule has 0 amide bonds. The van der Waals surface area contributed by atoms with Crippen LogP contribution in [0.4, 0.5) is 0 Å². The van der Waals surface area contributed by atoms with Crippen LogP contribution in [0.3, 0.4) is 0 Å². The fraction of sp³-hybridized carbons (Fsp3) is 0.0192. The molecule has 0 unspecified atom stereocenters. The quantitative estimate of drug-likeness (QED) is 0.180. The molecule has 0 bridgehead atoms. The maximum absolute atomic E-state index is 10.5. The van der Waals surface area contributed by atoms with Gasteiger partial charge in [-0.3, -0.25) is 0 Å². The van der Waals surface area contributed by atoms with Crippen LogP contribution in [0.25, 0.3) is 93.6 Å². The zero-order valence-electron chi connectivity index (χ0n) is 31.3. The average molecular weight is 739 g/mol. The predicted octanol–water partition coefficient (Wildman–Crippen LogP) is 12.6. The molecule has 0 N–H and O–H groups in total. The molecule has 268 valence electrons. The first-order valence-corrected chi connectivity index (χ1v) is 19.1. The fourth-order valence-corrected chi connectivity index (χ4v) is 9.03. The van der Waals surface area contributed by atoms with Gasteiger partial charge in [0.2, 0.25) is 0 Å². The summed E-state index contributed by atoms with van der Waals surface area (Å²) >= 11 is 0. The van der Waals surface area contributed by atoms with E-state index in [1.54, 1.807) is 0 Å². The topological polar surface area (TPSA) is 86.2 Å². The summed E-state index contributed by atoms with van der Waals surface area (Å²) in [7, 11) is 0. The van der Waals surface area contributed by atoms with Crippen molar-refractivity contribution in [1.29, 1.82) is 15.8 Å². The van der Waals surface area contributed by atoms with Gasteiger partial charge >= 0.3 is 0 Å². The monoisotopic (exact) mass is 738 g/mol. The van der Waals surface area contributed by atoms with Crippen molar-refractivity contribution in [1.82, 2.24) is 13.7 Å². The van der Waals surface area contributed by atoms with E-state index in [1.165, 1.54) is 0 Å². The Labute approximate surface area is 333 Å². The molecule has 0 aliphatic heterocycles. The lowest BCUT2D eigenvalue weighted by Gasteiger charge is -2.13. The minimum absolute atomic E-state index is 0.589. The number of hydrogen-bond acceptors (Lipinski definition) is 3. The highest BCUT2D eigenvalue weighted by Gasteiger charge is 2.21. The van der Waals surface area contributed by atoms with Crippen LogP contribution >= 0.6 is 0 Å². The minimum atomic E-state index is 0.589. The zero-order valence-corrected chi connectivity index (χ0v) is 31.3. The maximum Gasteiger partial charge on any atom is 0.101 e. The first-order chi connectivity index (χ1) is 28.5. The second-order valence-electron chi connectivity index (χ2n) is 14.8. The van der Waals surface area contributed by atoms with E-state index in [-0.39, 0.29) is 0 Å². The molecule has 58 heavy (non-hydrogen) atoms. The summed E-state index contributed by atoms with van der Waals surface area (Å²) in [6.45, 7) is 2.10. The van der Waals surface area contributed by atoms with E-state index in [2.05, 4.69) is 148 Å². The van der Waals surface area contributed by atoms with E-state index in [0.29, 0.717) is 16.7 Å². The molecule has 0 saturated heterocycles. The molecule has 0 aliphatic carbocycles. The van der Waals surface area contributed by atoms with Crippen molar-refractivity contribution < 1.29 is 0 Å². The molecule has 0 radical (unpaired) electrons. The number of hydrogen-bond donors (Lipinski definition) is 0. The molecule has 0 fully saturated rings. The van der Waals surface area contributed by atoms with Gasteiger partial charge in [0.25, 0.3) is 0 Å². The van der Waals surface area contributed by atoms with Crippen molar-refractivity contribution in [2.75, 3.05) is 0 Å². The van der Waals surface area contributed by atoms with Gasteiger partial charge < -0.3 is 13.7 Å². The van der Waals surface area contributed by atoms with Gasteiger partial charge in [0.05, 0.1) is 73.3 Å². The third kappa shape index (κ3) is 4.75. The number of rotatable bonds is 4. The van der Waals surface area contributed by atoms with Crippen LogP contribution in [0.15, 0.2) is 164 Å². The highest BCUT2D eigenvalue weighted by Crippen LogP contribution is 2.41. The van der Waals surface area contributed by atoms with Gasteiger partial charge in [-0.05, 0) is 115 Å². The molecule has 0 spiro atoms. The molecular formula is C52H30N6. The number of aromatic nitrogens is 3. The number of benzene rings is 8. The Hall–Kier alpha value is -8.37. The SMILES string of the molecule is Cc1ccc2c3cc(C#N)ccc3n(-c3cccc4c3c3cc(C#N)ccc3n4-c3ccc(-c4ccc(-n5c6ccccc6c6ccccc65)c(C#N)c4)cc3)c2c1. The van der Waals surface area contributed by atoms with E-state index < -0.39 is 0 Å². The minimum Gasteiger partial charge on any atom is -0.309 e. The van der Waals surface area contributed by atoms with Gasteiger partial charge in [0, 0.05) is 38.0 Å². The smallest absolute Gasteiger partial charge is 0.101 e. The number of aryl methyl sites for hydroxylation is 1. The molecular weight excluding hydrogens is 709 g/mol. The standard InChI is InChI=1S/C52H30N6/c1-32-13-21-41-42-26-33(29-53)14-22-47(42)58(51(41)25-32)50-12-6-11-49-52(50)43-27-34(30-54)15-23-48(43)56(49)38-19-16-35(17-20-38)36-18-24-44(37(28-36)31-55)57-45-9-4-2-7-39(45)40-8-3-5-10-46(40)57/h2-28H,1H3. The van der Waals surface area contributed by atoms with Crippen molar-refractivity contribution in [3.63, 3.8) is 0 Å². The summed E-state index contributed by atoms with van der Waals surface area (Å²) in [6, 6.07) is 63.0. The Morgan fingerprint density at radius 3 is 1.66 bits per heavy atom. The summed E-state index contributed by atoms with van der Waals surface area (Å²) in [5, 5.41) is 36.7. The lowest BCUT2D eigenvalue weighted by molar-refractivity contribution is 1.16. The molecule has 0 aliphatic rings. The Morgan fingerprint density at radius 1 is 0.379 bits per heavy atom. The normalized spacial score (nSPS) is 11.5. The van der Waals surface area contributed by atoms with E-state index in [0.717, 1.165) is 99.2 Å². The van der Waals surface area contributed by atoms with Crippen molar-refractivity contribution in [3.8, 4) is 46.4 Å². The zero-order chi connectivity index (χ0) is 39.1. The lowest BCUT2D eigenvalue weighted by atomic mass is 10.0. The number of para-hydroxylation sites is 2. The van der Waals surface area contributed by atoms with Crippen LogP contribution < -0.4 is 0 Å². The molecule has 6 heteroatoms. The Morgan fingerprint density at radius 2 is 0.966 bits per heavy atom. The summed E-state index contributed by atoms with van der Waals surface area (Å²) in [5.41, 5.74) is 13.9. The Balaban J connectivity index is 1.07. The van der Waals surface area contributed by atoms with Crippen LogP contribution in [-0.2, 0) is 0 Å². The van der Waals surface area contributed by atoms with Crippen molar-refractivity contribution in [3.05, 3.63) is 186 Å². The largest absolute Gasteiger partial charge is 0.309 e. The van der Waals surface area contributed by atoms with Crippen LogP contribution in [0.5, 0.6) is 0 Å². The van der Waals surface area contributed by atoms with Gasteiger partial charge in [0.1, 0.15) is 6.07 Å². The van der Waals surface area contributed by atoms with Crippen molar-refractivity contribution in [2.24, 2.45) is 0 Å². The summed E-state index contributed by atoms with van der Waals surface area (Å²) in [4.78, 5) is 0. The second-order valence-corrected chi connectivity index (χ2v) is 14.8. The highest BCUT2D eigenvalue weighted by molar-refractivity contribution is 6.17. The second kappa shape index (κ2) is 12.6. The first kappa shape index (κ1) is 33.0. The van der Waals surface area contributed by atoms with E-state index in [9.17, 15) is 15.8 Å². The first-order valence-electron chi connectivity index (χ1n) is 19.1. The lowest BCUT2D eigenvalue weighted by Crippen LogP contribution is -1.98. The van der Waals surface area contributed by atoms with E-state index in [4.69, 9.17) is 0 Å². The van der Waals surface area contributed by atoms with Crippen LogP contribution in [0.2, 0.25) is 0 Å². The van der Waals surface area contributed by atoms with Gasteiger partial charge in [-0.1, -0.05) is 72.8 Å². The number of fused-ring (bicyclic) bond motifs is 9. The van der Waals surface area contributed by atoms with Crippen LogP contribution in [-0.4, -0.2) is 13.7 Å². The highest BCUT2D eigenvalue weighted by atomic mass is 15.0. The number of nitrogens with zero attached hydrogens (tertiary/aromatic N) is 6. The molecule has 8 aromatic carbocycles. The van der Waals surface area contributed by atoms with Gasteiger partial charge in [-0.15, -0.1) is 0 Å². The van der Waals surface area contributed by atoms with Crippen molar-refractivity contribution >= 4 is 65.4 Å². The number of nitriles is 3. The summed E-state index contributed by atoms with van der Waals surface area (Å²) < 4.78 is 6.75. The van der Waals surface area contributed by atoms with E-state index >= 15 is 0 Å². The van der Waals surface area contributed by atoms with E-state index in [1.807, 2.05) is 54.6 Å². The molecule has 11 aromatic rings. The summed E-state index contributed by atoms with van der Waals surface area (Å²) in [5.74, 6) is 0. The van der Waals surface area contributed by atoms with Gasteiger partial charge in [-0.2, -0.15) is 15.8 Å². The van der Waals surface area contributed by atoms with Gasteiger partial charge in [-0.25, -0.2) is 0 Å². The average Bonchev–Trinajstić information content (AvgIpc) is 3.91.